The maximum absolute atomic E-state index is 11.7. The first-order valence-corrected chi connectivity index (χ1v) is 5.59. The van der Waals surface area contributed by atoms with E-state index >= 15 is 0 Å². The molecule has 1 aromatic carbocycles. The zero-order valence-electron chi connectivity index (χ0n) is 9.43. The van der Waals surface area contributed by atoms with Gasteiger partial charge in [-0.25, -0.2) is 0 Å². The lowest BCUT2D eigenvalue weighted by atomic mass is 10.2. The fraction of sp³-hybridized carbons (Fsp3) is 0.455. The van der Waals surface area contributed by atoms with Gasteiger partial charge in [-0.2, -0.15) is 13.2 Å². The van der Waals surface area contributed by atoms with E-state index in [0.29, 0.717) is 12.1 Å². The zero-order valence-corrected chi connectivity index (χ0v) is 10.2. The highest BCUT2D eigenvalue weighted by Crippen LogP contribution is 2.26. The van der Waals surface area contributed by atoms with E-state index in [0.717, 1.165) is 0 Å². The molecule has 0 radical (unpaired) electrons. The summed E-state index contributed by atoms with van der Waals surface area (Å²) in [4.78, 5) is 0. The maximum atomic E-state index is 11.7. The molecule has 0 heterocycles. The first-order valence-electron chi connectivity index (χ1n) is 5.22. The van der Waals surface area contributed by atoms with Crippen molar-refractivity contribution in [2.24, 2.45) is 0 Å². The number of nitrogens with one attached hydrogen (secondary N) is 1. The van der Waals surface area contributed by atoms with Gasteiger partial charge < -0.3 is 15.2 Å². The summed E-state index contributed by atoms with van der Waals surface area (Å²) >= 11 is 5.70. The Bertz CT molecular complexity index is 385. The Hall–Kier alpha value is -0.980. The van der Waals surface area contributed by atoms with Gasteiger partial charge in [0, 0.05) is 18.7 Å². The van der Waals surface area contributed by atoms with Crippen molar-refractivity contribution >= 4 is 11.6 Å². The molecule has 0 unspecified atom stereocenters. The minimum Gasteiger partial charge on any atom is -0.506 e. The van der Waals surface area contributed by atoms with E-state index in [4.69, 9.17) is 11.6 Å². The van der Waals surface area contributed by atoms with Crippen LogP contribution in [0.25, 0.3) is 0 Å². The first-order chi connectivity index (χ1) is 8.40. The van der Waals surface area contributed by atoms with Crippen molar-refractivity contribution in [3.8, 4) is 5.75 Å². The largest absolute Gasteiger partial charge is 0.506 e. The monoisotopic (exact) mass is 283 g/mol. The van der Waals surface area contributed by atoms with Crippen LogP contribution in [-0.2, 0) is 11.3 Å². The molecule has 0 atom stereocenters. The van der Waals surface area contributed by atoms with Crippen LogP contribution in [0.2, 0.25) is 5.02 Å². The van der Waals surface area contributed by atoms with Gasteiger partial charge in [0.25, 0.3) is 0 Å². The predicted octanol–water partition coefficient (Wildman–Crippen LogP) is 2.71. The van der Waals surface area contributed by atoms with Crippen LogP contribution in [0, 0.1) is 0 Å². The van der Waals surface area contributed by atoms with Gasteiger partial charge in [-0.15, -0.1) is 0 Å². The molecule has 0 saturated heterocycles. The topological polar surface area (TPSA) is 41.5 Å². The van der Waals surface area contributed by atoms with Gasteiger partial charge in [0.2, 0.25) is 0 Å². The number of alkyl halides is 3. The van der Waals surface area contributed by atoms with Crippen LogP contribution in [0.1, 0.15) is 5.56 Å². The van der Waals surface area contributed by atoms with E-state index in [1.54, 1.807) is 18.2 Å². The summed E-state index contributed by atoms with van der Waals surface area (Å²) in [7, 11) is 0. The van der Waals surface area contributed by atoms with E-state index < -0.39 is 12.8 Å². The van der Waals surface area contributed by atoms with Crippen LogP contribution in [0.5, 0.6) is 5.75 Å². The van der Waals surface area contributed by atoms with E-state index in [1.807, 2.05) is 0 Å². The lowest BCUT2D eigenvalue weighted by Gasteiger charge is -2.09. The molecule has 0 aliphatic heterocycles. The average Bonchev–Trinajstić information content (AvgIpc) is 2.27. The fourth-order valence-corrected chi connectivity index (χ4v) is 1.45. The van der Waals surface area contributed by atoms with Crippen LogP contribution in [0.3, 0.4) is 0 Å². The Balaban J connectivity index is 2.20. The van der Waals surface area contributed by atoms with Crippen molar-refractivity contribution in [2.75, 3.05) is 19.8 Å². The number of hydrogen-bond donors (Lipinski definition) is 2. The minimum absolute atomic E-state index is 0.0251. The molecule has 0 saturated carbocycles. The van der Waals surface area contributed by atoms with E-state index in [-0.39, 0.29) is 23.9 Å². The third-order valence-corrected chi connectivity index (χ3v) is 2.38. The summed E-state index contributed by atoms with van der Waals surface area (Å²) in [5, 5.41) is 12.6. The molecule has 0 aliphatic carbocycles. The molecule has 0 bridgehead atoms. The van der Waals surface area contributed by atoms with E-state index in [9.17, 15) is 18.3 Å². The third-order valence-electron chi connectivity index (χ3n) is 2.07. The van der Waals surface area contributed by atoms with Crippen molar-refractivity contribution in [3.05, 3.63) is 28.8 Å². The third kappa shape index (κ3) is 5.57. The number of halogens is 4. The molecular formula is C11H13ClF3NO2. The van der Waals surface area contributed by atoms with Gasteiger partial charge in [0.1, 0.15) is 12.4 Å². The second-order valence-electron chi connectivity index (χ2n) is 3.59. The fourth-order valence-electron chi connectivity index (χ4n) is 1.26. The molecule has 1 aromatic rings. The molecule has 2 N–H and O–H groups in total. The Morgan fingerprint density at radius 1 is 1.33 bits per heavy atom. The lowest BCUT2D eigenvalue weighted by molar-refractivity contribution is -0.173. The predicted molar refractivity (Wildman–Crippen MR) is 61.7 cm³/mol. The summed E-state index contributed by atoms with van der Waals surface area (Å²) < 4.78 is 39.6. The zero-order chi connectivity index (χ0) is 13.6. The van der Waals surface area contributed by atoms with Gasteiger partial charge in [-0.05, 0) is 6.07 Å². The van der Waals surface area contributed by atoms with E-state index in [1.165, 1.54) is 0 Å². The van der Waals surface area contributed by atoms with Crippen LogP contribution in [0.4, 0.5) is 13.2 Å². The average molecular weight is 284 g/mol. The molecule has 7 heteroatoms. The molecule has 3 nitrogen and oxygen atoms in total. The van der Waals surface area contributed by atoms with Gasteiger partial charge in [0.05, 0.1) is 11.6 Å². The first kappa shape index (κ1) is 15.1. The van der Waals surface area contributed by atoms with Gasteiger partial charge >= 0.3 is 6.18 Å². The minimum atomic E-state index is -4.30. The molecule has 0 aliphatic rings. The number of hydrogen-bond acceptors (Lipinski definition) is 3. The highest BCUT2D eigenvalue weighted by Gasteiger charge is 2.27. The summed E-state index contributed by atoms with van der Waals surface area (Å²) in [5.41, 5.74) is 0.582. The molecule has 0 aromatic heterocycles. The Kier molecular flexibility index (Phi) is 5.71. The van der Waals surface area contributed by atoms with Crippen molar-refractivity contribution < 1.29 is 23.0 Å². The Morgan fingerprint density at radius 2 is 2.06 bits per heavy atom. The van der Waals surface area contributed by atoms with Crippen LogP contribution < -0.4 is 5.32 Å². The molecule has 0 amide bonds. The van der Waals surface area contributed by atoms with Crippen molar-refractivity contribution in [1.82, 2.24) is 5.32 Å². The van der Waals surface area contributed by atoms with Gasteiger partial charge in [-0.1, -0.05) is 23.7 Å². The van der Waals surface area contributed by atoms with Crippen LogP contribution in [0.15, 0.2) is 18.2 Å². The summed E-state index contributed by atoms with van der Waals surface area (Å²) in [5.74, 6) is -0.0251. The highest BCUT2D eigenvalue weighted by molar-refractivity contribution is 6.32. The Morgan fingerprint density at radius 3 is 2.72 bits per heavy atom. The van der Waals surface area contributed by atoms with Crippen LogP contribution >= 0.6 is 11.6 Å². The maximum Gasteiger partial charge on any atom is 0.411 e. The Labute approximate surface area is 108 Å². The molecule has 18 heavy (non-hydrogen) atoms. The summed E-state index contributed by atoms with van der Waals surface area (Å²) in [6, 6.07) is 4.90. The molecule has 0 spiro atoms. The highest BCUT2D eigenvalue weighted by atomic mass is 35.5. The molecule has 0 fully saturated rings. The number of phenols is 1. The SMILES string of the molecule is Oc1c(Cl)cccc1CNCCOCC(F)(F)F. The number of phenolic OH excluding ortho intramolecular Hbond substituents is 1. The van der Waals surface area contributed by atoms with Crippen molar-refractivity contribution in [3.63, 3.8) is 0 Å². The summed E-state index contributed by atoms with van der Waals surface area (Å²) in [6.07, 6.45) is -4.30. The number of aromatic hydroxyl groups is 1. The number of para-hydroxylation sites is 1. The molecule has 1 rings (SSSR count). The van der Waals surface area contributed by atoms with Gasteiger partial charge in [0.15, 0.2) is 0 Å². The van der Waals surface area contributed by atoms with Crippen molar-refractivity contribution in [1.29, 1.82) is 0 Å². The number of rotatable bonds is 6. The van der Waals surface area contributed by atoms with E-state index in [2.05, 4.69) is 10.1 Å². The van der Waals surface area contributed by atoms with Crippen LogP contribution in [-0.4, -0.2) is 31.0 Å². The second-order valence-corrected chi connectivity index (χ2v) is 4.00. The quantitative estimate of drug-likeness (QED) is 0.789. The smallest absolute Gasteiger partial charge is 0.411 e. The lowest BCUT2D eigenvalue weighted by Crippen LogP contribution is -2.23. The number of ether oxygens (including phenoxy) is 1. The summed E-state index contributed by atoms with van der Waals surface area (Å²) in [6.45, 7) is -0.748. The number of benzene rings is 1. The normalized spacial score (nSPS) is 11.8. The van der Waals surface area contributed by atoms with Gasteiger partial charge in [-0.3, -0.25) is 0 Å². The van der Waals surface area contributed by atoms with Crippen molar-refractivity contribution in [2.45, 2.75) is 12.7 Å². The standard InChI is InChI=1S/C11H13ClF3NO2/c12-9-3-1-2-8(10(9)17)6-16-4-5-18-7-11(13,14)15/h1-3,16-17H,4-7H2. The molecular weight excluding hydrogens is 271 g/mol. The molecule has 102 valence electrons. The second kappa shape index (κ2) is 6.82.